The third-order valence-corrected chi connectivity index (χ3v) is 6.74. The maximum Gasteiger partial charge on any atom is 0.182 e. The summed E-state index contributed by atoms with van der Waals surface area (Å²) in [5.74, 6) is 0.981. The summed E-state index contributed by atoms with van der Waals surface area (Å²) < 4.78 is 50.2. The van der Waals surface area contributed by atoms with Gasteiger partial charge in [-0.25, -0.2) is 0 Å². The van der Waals surface area contributed by atoms with Gasteiger partial charge in [0, 0.05) is 59.4 Å². The van der Waals surface area contributed by atoms with Gasteiger partial charge < -0.3 is 47.4 Å². The monoisotopic (exact) mass is 653 g/mol. The number of hydrogen-bond donors (Lipinski definition) is 1. The van der Waals surface area contributed by atoms with E-state index in [0.29, 0.717) is 92.0 Å². The molecule has 1 N–H and O–H groups in total. The van der Waals surface area contributed by atoms with Crippen LogP contribution >= 0.6 is 0 Å². The first-order chi connectivity index (χ1) is 23.0. The molecule has 14 nitrogen and oxygen atoms in total. The van der Waals surface area contributed by atoms with E-state index < -0.39 is 0 Å². The third kappa shape index (κ3) is 10.6. The van der Waals surface area contributed by atoms with Crippen LogP contribution in [0.25, 0.3) is 43.9 Å². The van der Waals surface area contributed by atoms with Crippen molar-refractivity contribution < 1.29 is 47.4 Å². The van der Waals surface area contributed by atoms with Crippen LogP contribution in [0.5, 0.6) is 17.2 Å². The first-order valence-electron chi connectivity index (χ1n) is 15.0. The maximum absolute atomic E-state index is 12.3. The molecule has 0 unspecified atom stereocenters. The number of azide groups is 1. The number of benzene rings is 3. The van der Waals surface area contributed by atoms with Crippen LogP contribution in [0.4, 0.5) is 5.69 Å². The quantitative estimate of drug-likeness (QED) is 0.0382. The van der Waals surface area contributed by atoms with Gasteiger partial charge in [-0.1, -0.05) is 5.11 Å². The lowest BCUT2D eigenvalue weighted by atomic mass is 9.92. The Balaban J connectivity index is 1.63. The Morgan fingerprint density at radius 2 is 1.30 bits per heavy atom. The molecule has 252 valence electrons. The SMILES string of the molecule is COCCOCCOCCOc1cc(OCCOCCOCCOC)c(-c2c3ccc(=O)cc-3oc3cc(O)ccc23)cc1N=[N+]=[N-]. The normalized spacial score (nSPS) is 11.2. The van der Waals surface area contributed by atoms with Gasteiger partial charge in [-0.15, -0.1) is 0 Å². The second-order valence-electron chi connectivity index (χ2n) is 9.95. The lowest BCUT2D eigenvalue weighted by Gasteiger charge is -2.20. The predicted octanol–water partition coefficient (Wildman–Crippen LogP) is 5.33. The second kappa shape index (κ2) is 19.3. The average Bonchev–Trinajstić information content (AvgIpc) is 3.06. The van der Waals surface area contributed by atoms with Crippen molar-refractivity contribution in [3.05, 3.63) is 69.2 Å². The summed E-state index contributed by atoms with van der Waals surface area (Å²) in [6, 6.07) is 12.5. The van der Waals surface area contributed by atoms with E-state index in [1.807, 2.05) is 0 Å². The van der Waals surface area contributed by atoms with E-state index in [1.54, 1.807) is 38.5 Å². The fourth-order valence-corrected chi connectivity index (χ4v) is 4.61. The Morgan fingerprint density at radius 1 is 0.702 bits per heavy atom. The van der Waals surface area contributed by atoms with Gasteiger partial charge in [0.05, 0.1) is 71.8 Å². The number of phenolic OH excluding ortho intramolecular Hbond substituents is 1. The fraction of sp³-hybridized carbons (Fsp3) is 0.424. The van der Waals surface area contributed by atoms with Crippen LogP contribution in [0, 0.1) is 0 Å². The van der Waals surface area contributed by atoms with Gasteiger partial charge >= 0.3 is 0 Å². The maximum atomic E-state index is 12.3. The fourth-order valence-electron chi connectivity index (χ4n) is 4.61. The van der Waals surface area contributed by atoms with Crippen LogP contribution < -0.4 is 14.9 Å². The van der Waals surface area contributed by atoms with Gasteiger partial charge in [0.25, 0.3) is 0 Å². The third-order valence-electron chi connectivity index (χ3n) is 6.74. The largest absolute Gasteiger partial charge is 0.508 e. The molecular weight excluding hydrogens is 614 g/mol. The molecule has 47 heavy (non-hydrogen) atoms. The second-order valence-corrected chi connectivity index (χ2v) is 9.95. The summed E-state index contributed by atoms with van der Waals surface area (Å²) in [6.07, 6.45) is 0. The highest BCUT2D eigenvalue weighted by atomic mass is 16.6. The summed E-state index contributed by atoms with van der Waals surface area (Å²) in [4.78, 5) is 15.3. The summed E-state index contributed by atoms with van der Waals surface area (Å²) >= 11 is 0. The zero-order chi connectivity index (χ0) is 33.3. The molecule has 0 saturated heterocycles. The molecule has 0 spiro atoms. The lowest BCUT2D eigenvalue weighted by molar-refractivity contribution is 0.0175. The highest BCUT2D eigenvalue weighted by molar-refractivity contribution is 6.04. The molecule has 4 rings (SSSR count). The number of fused-ring (bicyclic) bond motifs is 2. The van der Waals surface area contributed by atoms with Gasteiger partial charge in [0.1, 0.15) is 41.8 Å². The molecule has 2 aromatic carbocycles. The zero-order valence-corrected chi connectivity index (χ0v) is 26.5. The van der Waals surface area contributed by atoms with Crippen molar-refractivity contribution in [2.24, 2.45) is 5.11 Å². The topological polar surface area (TPSA) is 173 Å². The molecule has 1 aliphatic carbocycles. The molecule has 1 aliphatic heterocycles. The summed E-state index contributed by atoms with van der Waals surface area (Å²) in [5, 5.41) is 14.7. The van der Waals surface area contributed by atoms with Crippen molar-refractivity contribution in [1.29, 1.82) is 0 Å². The van der Waals surface area contributed by atoms with Crippen LogP contribution in [0.2, 0.25) is 0 Å². The van der Waals surface area contributed by atoms with Gasteiger partial charge in [-0.2, -0.15) is 0 Å². The average molecular weight is 654 g/mol. The molecule has 0 aromatic heterocycles. The molecule has 0 fully saturated rings. The Hall–Kier alpha value is -4.40. The summed E-state index contributed by atoms with van der Waals surface area (Å²) in [6.45, 7) is 4.41. The molecular formula is C33H39N3O11. The van der Waals surface area contributed by atoms with Crippen LogP contribution in [0.1, 0.15) is 0 Å². The molecule has 0 bridgehead atoms. The number of rotatable bonds is 22. The van der Waals surface area contributed by atoms with E-state index in [0.717, 1.165) is 0 Å². The lowest BCUT2D eigenvalue weighted by Crippen LogP contribution is -2.13. The zero-order valence-electron chi connectivity index (χ0n) is 26.5. The van der Waals surface area contributed by atoms with Crippen molar-refractivity contribution in [2.75, 3.05) is 93.5 Å². The molecule has 2 aliphatic rings. The minimum absolute atomic E-state index is 0.00748. The van der Waals surface area contributed by atoms with E-state index in [9.17, 15) is 15.4 Å². The Bertz CT molecular complexity index is 1640. The van der Waals surface area contributed by atoms with Gasteiger partial charge in [-0.05, 0) is 35.9 Å². The number of phenols is 1. The van der Waals surface area contributed by atoms with Crippen molar-refractivity contribution in [3.8, 4) is 39.7 Å². The van der Waals surface area contributed by atoms with E-state index >= 15 is 0 Å². The minimum Gasteiger partial charge on any atom is -0.508 e. The van der Waals surface area contributed by atoms with E-state index in [4.69, 9.17) is 42.3 Å². The molecule has 0 saturated carbocycles. The highest BCUT2D eigenvalue weighted by Crippen LogP contribution is 2.47. The molecule has 2 aromatic rings. The van der Waals surface area contributed by atoms with Crippen LogP contribution in [-0.4, -0.2) is 98.6 Å². The smallest absolute Gasteiger partial charge is 0.182 e. The highest BCUT2D eigenvalue weighted by Gasteiger charge is 2.22. The minimum atomic E-state index is -0.242. The van der Waals surface area contributed by atoms with Gasteiger partial charge in [0.15, 0.2) is 5.43 Å². The Kier molecular flexibility index (Phi) is 14.6. The molecule has 14 heteroatoms. The van der Waals surface area contributed by atoms with Crippen LogP contribution in [-0.2, 0) is 28.4 Å². The summed E-state index contributed by atoms with van der Waals surface area (Å²) in [5.41, 5.74) is 11.5. The first kappa shape index (κ1) is 35.5. The van der Waals surface area contributed by atoms with Crippen molar-refractivity contribution in [2.45, 2.75) is 0 Å². The number of aromatic hydroxyl groups is 1. The van der Waals surface area contributed by atoms with E-state index in [1.165, 1.54) is 24.3 Å². The van der Waals surface area contributed by atoms with Crippen molar-refractivity contribution >= 4 is 16.7 Å². The Morgan fingerprint density at radius 3 is 1.91 bits per heavy atom. The molecule has 0 radical (unpaired) electrons. The number of methoxy groups -OCH3 is 2. The van der Waals surface area contributed by atoms with Crippen molar-refractivity contribution in [3.63, 3.8) is 0 Å². The molecule has 0 atom stereocenters. The number of nitrogens with zero attached hydrogens (tertiary/aromatic N) is 3. The molecule has 0 amide bonds. The van der Waals surface area contributed by atoms with E-state index in [2.05, 4.69) is 10.0 Å². The van der Waals surface area contributed by atoms with Crippen LogP contribution in [0.15, 0.2) is 62.9 Å². The van der Waals surface area contributed by atoms with Gasteiger partial charge in [0.2, 0.25) is 0 Å². The predicted molar refractivity (Wildman–Crippen MR) is 173 cm³/mol. The van der Waals surface area contributed by atoms with Crippen LogP contribution in [0.3, 0.4) is 0 Å². The number of ether oxygens (including phenoxy) is 8. The van der Waals surface area contributed by atoms with Crippen molar-refractivity contribution in [1.82, 2.24) is 0 Å². The first-order valence-corrected chi connectivity index (χ1v) is 15.0. The van der Waals surface area contributed by atoms with Gasteiger partial charge in [-0.3, -0.25) is 4.79 Å². The summed E-state index contributed by atoms with van der Waals surface area (Å²) in [7, 11) is 3.22. The number of hydrogen-bond acceptors (Lipinski definition) is 12. The molecule has 1 heterocycles. The standard InChI is InChI=1S/C33H39N3O11/c1-39-7-9-41-11-13-43-15-17-45-29-22-32(46-18-16-44-14-12-42-10-8-40-2)28(35-36-34)21-27(29)33-25-5-3-23(37)19-30(25)47-31-20-24(38)4-6-26(31)33/h3-6,19-22,37H,7-18H2,1-2H3. The Labute approximate surface area is 271 Å². The van der Waals surface area contributed by atoms with E-state index in [-0.39, 0.29) is 49.0 Å².